The Kier molecular flexibility index (Phi) is 29.1. The molecule has 22 heteroatoms. The van der Waals surface area contributed by atoms with Crippen molar-refractivity contribution < 1.29 is 34.1 Å². The summed E-state index contributed by atoms with van der Waals surface area (Å²) in [6.07, 6.45) is 2.19. The second kappa shape index (κ2) is 36.9. The van der Waals surface area contributed by atoms with E-state index >= 15 is 0 Å². The van der Waals surface area contributed by atoms with E-state index in [0.717, 1.165) is 56.4 Å². The number of fused-ring (bicyclic) bond motifs is 6. The smallest absolute Gasteiger partial charge is 0.333 e. The van der Waals surface area contributed by atoms with Crippen LogP contribution in [0.15, 0.2) is 239 Å². The Labute approximate surface area is 570 Å². The van der Waals surface area contributed by atoms with Crippen molar-refractivity contribution in [2.75, 3.05) is 36.2 Å². The lowest BCUT2D eigenvalue weighted by Gasteiger charge is -2.33. The number of halogens is 1. The average molecular weight is 1320 g/mol. The molecule has 0 unspecified atom stereocenters. The molecular weight excluding hydrogens is 1240 g/mol. The first-order valence-corrected chi connectivity index (χ1v) is 30.8. The first-order chi connectivity index (χ1) is 46.1. The molecule has 8 aromatic carbocycles. The van der Waals surface area contributed by atoms with Gasteiger partial charge in [0.25, 0.3) is 10.4 Å². The van der Waals surface area contributed by atoms with E-state index in [1.165, 1.54) is 44.5 Å². The highest BCUT2D eigenvalue weighted by Crippen LogP contribution is 2.56. The van der Waals surface area contributed by atoms with Gasteiger partial charge in [0.2, 0.25) is 5.24 Å². The third kappa shape index (κ3) is 19.4. The molecule has 0 aliphatic heterocycles. The van der Waals surface area contributed by atoms with Gasteiger partial charge in [-0.15, -0.1) is 11.1 Å². The number of ether oxygens (including phenoxy) is 2. The van der Waals surface area contributed by atoms with E-state index in [4.69, 9.17) is 43.2 Å². The van der Waals surface area contributed by atoms with E-state index in [9.17, 15) is 24.6 Å². The standard InChI is InChI=1S/C39H39NO4.C31H31NO2.C4H5ClO.CH4.2N6/c1-26(2)37(41)43-23-21-39(22-24-44-38(42)27(3)4)35-10-8-7-9-33(35)34-20-19-32(25-36(34)39)40(30-15-11-28(5)12-16-30)31-17-13-29(6)14-18-31;1-22-7-11-24(12-8-22)32(25-13-9-23(2)10-14-25)26-15-16-28-27-5-3-4-6-29(27)31(17-19-33,18-20-34)30(28)21-26;1-3(2)4(5)6;;2*1-3-5-6-4-2/h7-20,25H,1,3,21-24H2,2,4-6H3;3-16,21,33-34H,17-20H2,1-2H3;1H2,2H3;1H4;;. The summed E-state index contributed by atoms with van der Waals surface area (Å²) >= 11 is 4.87. The number of anilines is 6. The third-order valence-electron chi connectivity index (χ3n) is 16.1. The monoisotopic (exact) mass is 1320 g/mol. The number of rotatable bonds is 21. The number of carbonyl (C=O) groups excluding carboxylic acids is 3. The van der Waals surface area contributed by atoms with E-state index in [0.29, 0.717) is 42.4 Å². The largest absolute Gasteiger partial charge is 0.462 e. The fraction of sp³-hybridized carbons (Fsp3) is 0.240. The van der Waals surface area contributed by atoms with Gasteiger partial charge in [0.05, 0.1) is 23.7 Å². The number of azide groups is 4. The fourth-order valence-corrected chi connectivity index (χ4v) is 11.5. The van der Waals surface area contributed by atoms with Gasteiger partial charge in [0, 0.05) is 84.7 Å². The van der Waals surface area contributed by atoms with Crippen molar-refractivity contribution >= 4 is 62.9 Å². The number of aliphatic hydroxyl groups excluding tert-OH is 2. The van der Waals surface area contributed by atoms with Crippen LogP contribution in [0.5, 0.6) is 0 Å². The van der Waals surface area contributed by atoms with Crippen LogP contribution < -0.4 is 9.80 Å². The maximum absolute atomic E-state index is 12.4. The van der Waals surface area contributed by atoms with Gasteiger partial charge in [-0.25, -0.2) is 9.59 Å². The lowest BCUT2D eigenvalue weighted by Crippen LogP contribution is -2.30. The zero-order chi connectivity index (χ0) is 70.0. The van der Waals surface area contributed by atoms with E-state index in [-0.39, 0.29) is 33.9 Å². The molecule has 2 aliphatic carbocycles. The molecule has 21 nitrogen and oxygen atoms in total. The van der Waals surface area contributed by atoms with Crippen LogP contribution in [0, 0.1) is 27.7 Å². The Morgan fingerprint density at radius 2 is 0.680 bits per heavy atom. The van der Waals surface area contributed by atoms with Crippen molar-refractivity contribution in [3.8, 4) is 22.3 Å². The maximum atomic E-state index is 12.4. The zero-order valence-corrected chi connectivity index (χ0v) is 55.4. The number of nitrogens with zero attached hydrogens (tertiary/aromatic N) is 14. The summed E-state index contributed by atoms with van der Waals surface area (Å²) in [5.74, 6) is -0.835. The van der Waals surface area contributed by atoms with Gasteiger partial charge in [0.15, 0.2) is 0 Å². The number of hydrogen-bond donors (Lipinski definition) is 2. The first kappa shape index (κ1) is 76.4. The van der Waals surface area contributed by atoms with Crippen molar-refractivity contribution in [1.29, 1.82) is 0 Å². The van der Waals surface area contributed by atoms with E-state index < -0.39 is 28.0 Å². The predicted molar refractivity (Wildman–Crippen MR) is 387 cm³/mol. The maximum Gasteiger partial charge on any atom is 0.333 e. The molecule has 2 aliphatic rings. The van der Waals surface area contributed by atoms with Crippen LogP contribution >= 0.6 is 11.6 Å². The van der Waals surface area contributed by atoms with Crippen LogP contribution in [0.3, 0.4) is 0 Å². The second-order valence-electron chi connectivity index (χ2n) is 22.8. The number of aryl methyl sites for hydroxylation is 4. The second-order valence-corrected chi connectivity index (χ2v) is 23.1. The molecule has 2 N–H and O–H groups in total. The van der Waals surface area contributed by atoms with Crippen LogP contribution in [0.1, 0.15) is 98.4 Å². The molecule has 97 heavy (non-hydrogen) atoms. The van der Waals surface area contributed by atoms with Crippen molar-refractivity contribution in [1.82, 2.24) is 0 Å². The molecule has 0 saturated carbocycles. The summed E-state index contributed by atoms with van der Waals surface area (Å²) in [7, 11) is 0. The molecule has 0 aromatic heterocycles. The van der Waals surface area contributed by atoms with Gasteiger partial charge < -0.3 is 29.5 Å². The van der Waals surface area contributed by atoms with Crippen molar-refractivity contribution in [2.24, 2.45) is 20.9 Å². The molecule has 0 bridgehead atoms. The minimum absolute atomic E-state index is 0. The predicted octanol–water partition coefficient (Wildman–Crippen LogP) is 20.9. The summed E-state index contributed by atoms with van der Waals surface area (Å²) in [5, 5.41) is 29.6. The molecule has 0 amide bonds. The number of allylic oxidation sites excluding steroid dienone is 1. The highest BCUT2D eigenvalue weighted by molar-refractivity contribution is 6.67. The molecule has 0 saturated heterocycles. The summed E-state index contributed by atoms with van der Waals surface area (Å²) in [6.45, 7) is 24.5. The molecule has 0 atom stereocenters. The average Bonchev–Trinajstić information content (AvgIpc) is 1.58. The van der Waals surface area contributed by atoms with E-state index in [1.807, 2.05) is 12.1 Å². The van der Waals surface area contributed by atoms with Crippen molar-refractivity contribution in [3.63, 3.8) is 0 Å². The molecule has 10 rings (SSSR count). The van der Waals surface area contributed by atoms with Crippen LogP contribution in [-0.4, -0.2) is 53.8 Å². The van der Waals surface area contributed by atoms with Gasteiger partial charge in [0.1, 0.15) is 0 Å². The van der Waals surface area contributed by atoms with Gasteiger partial charge in [-0.3, -0.25) is 4.79 Å². The lowest BCUT2D eigenvalue weighted by molar-refractivity contribution is -0.139. The van der Waals surface area contributed by atoms with Gasteiger partial charge in [-0.05, 0) is 203 Å². The quantitative estimate of drug-likeness (QED) is 0.0131. The summed E-state index contributed by atoms with van der Waals surface area (Å²) in [5.41, 5.74) is 50.1. The normalized spacial score (nSPS) is 11.4. The first-order valence-electron chi connectivity index (χ1n) is 30.4. The molecule has 0 fully saturated rings. The van der Waals surface area contributed by atoms with Crippen LogP contribution in [0.25, 0.3) is 64.0 Å². The Morgan fingerprint density at radius 3 is 0.938 bits per heavy atom. The van der Waals surface area contributed by atoms with Gasteiger partial charge in [-0.2, -0.15) is 9.82 Å². The van der Waals surface area contributed by atoms with E-state index in [2.05, 4.69) is 268 Å². The SMILES string of the molecule is C.C=C(C)C(=O)Cl.C=C(C)C(=O)OCCC1(CCOC(=O)C(=C)C)c2ccccc2-c2ccc(N(c3ccc(C)cc3)c3ccc(C)cc3)cc21.Cc1ccc(N(c2ccc(C)cc2)c2ccc3c(c2)C(CCO)(CCO)c2ccccc2-3)cc1.[N-]=[N+]=NN=[N+]=[N-].[N-]=[N+]=NN=[N+]=[N-]. The topological polar surface area (TPSA) is 312 Å². The third-order valence-corrected chi connectivity index (χ3v) is 16.4. The van der Waals surface area contributed by atoms with E-state index in [1.54, 1.807) is 20.8 Å². The number of hydrogen-bond acceptors (Lipinski definition) is 9. The van der Waals surface area contributed by atoms with Crippen LogP contribution in [0.2, 0.25) is 0 Å². The fourth-order valence-electron chi connectivity index (χ4n) is 11.5. The highest BCUT2D eigenvalue weighted by atomic mass is 35.5. The number of aliphatic hydroxyl groups is 2. The molecule has 0 radical (unpaired) electrons. The summed E-state index contributed by atoms with van der Waals surface area (Å²) < 4.78 is 11.3. The molecule has 8 aromatic rings. The van der Waals surface area contributed by atoms with Gasteiger partial charge >= 0.3 is 11.9 Å². The summed E-state index contributed by atoms with van der Waals surface area (Å²) in [6, 6.07) is 64.2. The Hall–Kier alpha value is -11.4. The molecule has 498 valence electrons. The number of esters is 2. The van der Waals surface area contributed by atoms with Crippen LogP contribution in [0.4, 0.5) is 34.1 Å². The molecular formula is C75H79ClN14O7. The zero-order valence-electron chi connectivity index (χ0n) is 54.7. The molecule has 0 spiro atoms. The van der Waals surface area contributed by atoms with Crippen LogP contribution in [-0.2, 0) is 34.7 Å². The Morgan fingerprint density at radius 1 is 0.423 bits per heavy atom. The van der Waals surface area contributed by atoms with Crippen molar-refractivity contribution in [3.05, 3.63) is 305 Å². The Bertz CT molecular complexity index is 4100. The molecule has 0 heterocycles. The number of benzene rings is 8. The number of carbonyl (C=O) groups is 3. The summed E-state index contributed by atoms with van der Waals surface area (Å²) in [4.78, 5) is 47.6. The van der Waals surface area contributed by atoms with Gasteiger partial charge in [-0.1, -0.05) is 170 Å². The highest BCUT2D eigenvalue weighted by Gasteiger charge is 2.45. The minimum atomic E-state index is -0.571. The minimum Gasteiger partial charge on any atom is -0.462 e. The Balaban J connectivity index is 0.000000282. The van der Waals surface area contributed by atoms with Crippen molar-refractivity contribution in [2.45, 2.75) is 92.4 Å². The lowest BCUT2D eigenvalue weighted by atomic mass is 9.73.